The number of hydrogen-bond donors (Lipinski definition) is 2. The lowest BCUT2D eigenvalue weighted by Gasteiger charge is -2.29. The van der Waals surface area contributed by atoms with E-state index in [2.05, 4.69) is 40.2 Å². The zero-order chi connectivity index (χ0) is 20.7. The van der Waals surface area contributed by atoms with E-state index < -0.39 is 0 Å². The van der Waals surface area contributed by atoms with Gasteiger partial charge in [-0.25, -0.2) is 0 Å². The molecule has 0 atom stereocenters. The van der Waals surface area contributed by atoms with Crippen LogP contribution < -0.4 is 4.90 Å². The van der Waals surface area contributed by atoms with E-state index in [1.165, 1.54) is 11.3 Å². The van der Waals surface area contributed by atoms with Gasteiger partial charge in [0.15, 0.2) is 0 Å². The van der Waals surface area contributed by atoms with E-state index in [1.54, 1.807) is 17.0 Å². The first-order chi connectivity index (χ1) is 14.6. The lowest BCUT2D eigenvalue weighted by atomic mass is 10.1. The van der Waals surface area contributed by atoms with E-state index in [0.29, 0.717) is 18.7 Å². The van der Waals surface area contributed by atoms with Crippen molar-refractivity contribution in [2.24, 2.45) is 0 Å². The van der Waals surface area contributed by atoms with Gasteiger partial charge < -0.3 is 19.6 Å². The van der Waals surface area contributed by atoms with Crippen molar-refractivity contribution in [3.63, 3.8) is 0 Å². The fourth-order valence-electron chi connectivity index (χ4n) is 4.42. The van der Waals surface area contributed by atoms with Gasteiger partial charge in [-0.1, -0.05) is 19.4 Å². The molecule has 3 heterocycles. The molecule has 5 rings (SSSR count). The lowest BCUT2D eigenvalue weighted by molar-refractivity contribution is 0.0748. The van der Waals surface area contributed by atoms with Crippen LogP contribution in [0.15, 0.2) is 30.3 Å². The smallest absolute Gasteiger partial charge is 0.258 e. The number of ether oxygens (including phenoxy) is 1. The van der Waals surface area contributed by atoms with Crippen LogP contribution in [0.4, 0.5) is 5.69 Å². The second-order valence-electron chi connectivity index (χ2n) is 8.05. The average Bonchev–Trinajstić information content (AvgIpc) is 3.37. The molecular weight excluding hydrogens is 380 g/mol. The fourth-order valence-corrected chi connectivity index (χ4v) is 4.42. The summed E-state index contributed by atoms with van der Waals surface area (Å²) in [5.74, 6) is -0.161. The summed E-state index contributed by atoms with van der Waals surface area (Å²) in [6.07, 6.45) is 1.80. The van der Waals surface area contributed by atoms with Gasteiger partial charge in [-0.05, 0) is 35.7 Å². The van der Waals surface area contributed by atoms with Crippen LogP contribution >= 0.6 is 0 Å². The maximum atomic E-state index is 13.3. The third-order valence-corrected chi connectivity index (χ3v) is 6.05. The van der Waals surface area contributed by atoms with Gasteiger partial charge in [-0.15, -0.1) is 0 Å². The number of carbonyl (C=O) groups is 1. The molecule has 1 fully saturated rings. The first-order valence-corrected chi connectivity index (χ1v) is 10.6. The molecule has 0 aliphatic carbocycles. The van der Waals surface area contributed by atoms with E-state index in [1.807, 2.05) is 0 Å². The number of rotatable bonds is 4. The molecule has 7 nitrogen and oxygen atoms in total. The number of nitrogens with zero attached hydrogens (tertiary/aromatic N) is 3. The van der Waals surface area contributed by atoms with Crippen LogP contribution in [0.3, 0.4) is 0 Å². The molecule has 7 heteroatoms. The lowest BCUT2D eigenvalue weighted by Crippen LogP contribution is -2.36. The standard InChI is InChI=1S/C23H26N4O3/c1-2-3-20-18-11-19(22(28)12-21(18)25-24-20)23(29)27-13-15-4-5-17(10-16(15)14-27)26-6-8-30-9-7-26/h4-5,10-12,28H,2-3,6-9,13-14H2,1H3,(H,24,25). The zero-order valence-corrected chi connectivity index (χ0v) is 17.1. The number of carbonyl (C=O) groups excluding carboxylic acids is 1. The highest BCUT2D eigenvalue weighted by atomic mass is 16.5. The quantitative estimate of drug-likeness (QED) is 0.695. The van der Waals surface area contributed by atoms with Crippen LogP contribution in [0.25, 0.3) is 10.9 Å². The number of aromatic nitrogens is 2. The Kier molecular flexibility index (Phi) is 4.83. The van der Waals surface area contributed by atoms with E-state index in [0.717, 1.165) is 61.3 Å². The summed E-state index contributed by atoms with van der Waals surface area (Å²) in [6.45, 7) is 6.48. The highest BCUT2D eigenvalue weighted by Crippen LogP contribution is 2.32. The van der Waals surface area contributed by atoms with Crippen LogP contribution in [0.1, 0.15) is 40.5 Å². The summed E-state index contributed by atoms with van der Waals surface area (Å²) in [7, 11) is 0. The molecule has 1 amide bonds. The molecule has 2 aromatic carbocycles. The molecule has 0 saturated carbocycles. The molecule has 30 heavy (non-hydrogen) atoms. The molecule has 0 unspecified atom stereocenters. The van der Waals surface area contributed by atoms with Gasteiger partial charge in [-0.2, -0.15) is 5.10 Å². The van der Waals surface area contributed by atoms with Gasteiger partial charge in [0.2, 0.25) is 0 Å². The number of aromatic hydroxyl groups is 1. The summed E-state index contributed by atoms with van der Waals surface area (Å²) in [6, 6.07) is 9.82. The van der Waals surface area contributed by atoms with E-state index in [-0.39, 0.29) is 11.7 Å². The van der Waals surface area contributed by atoms with Crippen molar-refractivity contribution in [1.82, 2.24) is 15.1 Å². The minimum atomic E-state index is -0.151. The van der Waals surface area contributed by atoms with Gasteiger partial charge in [0.1, 0.15) is 5.75 Å². The summed E-state index contributed by atoms with van der Waals surface area (Å²) < 4.78 is 5.45. The number of aryl methyl sites for hydroxylation is 1. The van der Waals surface area contributed by atoms with Gasteiger partial charge >= 0.3 is 0 Å². The molecule has 1 aromatic heterocycles. The zero-order valence-electron chi connectivity index (χ0n) is 17.1. The normalized spacial score (nSPS) is 16.3. The number of anilines is 1. The van der Waals surface area contributed by atoms with E-state index in [4.69, 9.17) is 4.74 Å². The van der Waals surface area contributed by atoms with Crippen LogP contribution in [-0.2, 0) is 24.2 Å². The third kappa shape index (κ3) is 3.29. The molecule has 156 valence electrons. The maximum absolute atomic E-state index is 13.3. The number of fused-ring (bicyclic) bond motifs is 2. The Balaban J connectivity index is 1.40. The molecular formula is C23H26N4O3. The van der Waals surface area contributed by atoms with Gasteiger partial charge in [0, 0.05) is 43.3 Å². The number of H-pyrrole nitrogens is 1. The third-order valence-electron chi connectivity index (χ3n) is 6.05. The van der Waals surface area contributed by atoms with Crippen LogP contribution in [0.2, 0.25) is 0 Å². The number of aromatic amines is 1. The number of phenols is 1. The number of nitrogens with one attached hydrogen (secondary N) is 1. The minimum absolute atomic E-state index is 0.0100. The fraction of sp³-hybridized carbons (Fsp3) is 0.391. The first-order valence-electron chi connectivity index (χ1n) is 10.6. The number of amides is 1. The molecule has 0 bridgehead atoms. The highest BCUT2D eigenvalue weighted by molar-refractivity contribution is 6.01. The predicted octanol–water partition coefficient (Wildman–Crippen LogP) is 3.21. The molecule has 0 spiro atoms. The topological polar surface area (TPSA) is 81.7 Å². The minimum Gasteiger partial charge on any atom is -0.507 e. The number of morpholine rings is 1. The van der Waals surface area contributed by atoms with Gasteiger partial charge in [0.25, 0.3) is 5.91 Å². The highest BCUT2D eigenvalue weighted by Gasteiger charge is 2.27. The maximum Gasteiger partial charge on any atom is 0.258 e. The Hall–Kier alpha value is -3.06. The first kappa shape index (κ1) is 18.9. The second kappa shape index (κ2) is 7.65. The second-order valence-corrected chi connectivity index (χ2v) is 8.05. The number of benzene rings is 2. The molecule has 0 radical (unpaired) electrons. The van der Waals surface area contributed by atoms with E-state index in [9.17, 15) is 9.90 Å². The summed E-state index contributed by atoms with van der Waals surface area (Å²) in [5.41, 5.74) is 5.54. The van der Waals surface area contributed by atoms with Crippen molar-refractivity contribution in [2.75, 3.05) is 31.2 Å². The SMILES string of the molecule is CCCc1n[nH]c2cc(O)c(C(=O)N3Cc4ccc(N5CCOCC5)cc4C3)cc12. The monoisotopic (exact) mass is 406 g/mol. The van der Waals surface area contributed by atoms with Crippen molar-refractivity contribution < 1.29 is 14.6 Å². The van der Waals surface area contributed by atoms with Crippen molar-refractivity contribution in [1.29, 1.82) is 0 Å². The molecule has 2 aliphatic heterocycles. The van der Waals surface area contributed by atoms with Crippen LogP contribution in [0.5, 0.6) is 5.75 Å². The summed E-state index contributed by atoms with van der Waals surface area (Å²) >= 11 is 0. The van der Waals surface area contributed by atoms with Crippen molar-refractivity contribution in [3.05, 3.63) is 52.7 Å². The molecule has 2 aliphatic rings. The summed E-state index contributed by atoms with van der Waals surface area (Å²) in [4.78, 5) is 17.4. The average molecular weight is 406 g/mol. The van der Waals surface area contributed by atoms with Crippen LogP contribution in [-0.4, -0.2) is 52.4 Å². The van der Waals surface area contributed by atoms with Crippen molar-refractivity contribution in [2.45, 2.75) is 32.9 Å². The number of hydrogen-bond acceptors (Lipinski definition) is 5. The summed E-state index contributed by atoms with van der Waals surface area (Å²) in [5, 5.41) is 18.7. The van der Waals surface area contributed by atoms with Crippen molar-refractivity contribution in [3.8, 4) is 5.75 Å². The van der Waals surface area contributed by atoms with Crippen LogP contribution in [0, 0.1) is 0 Å². The largest absolute Gasteiger partial charge is 0.507 e. The number of phenolic OH excluding ortho intramolecular Hbond substituents is 1. The Morgan fingerprint density at radius 2 is 1.97 bits per heavy atom. The Bertz CT molecular complexity index is 1100. The Morgan fingerprint density at radius 3 is 2.77 bits per heavy atom. The van der Waals surface area contributed by atoms with Gasteiger partial charge in [-0.3, -0.25) is 9.89 Å². The van der Waals surface area contributed by atoms with Gasteiger partial charge in [0.05, 0.1) is 30.0 Å². The molecule has 1 saturated heterocycles. The van der Waals surface area contributed by atoms with Crippen molar-refractivity contribution >= 4 is 22.5 Å². The van der Waals surface area contributed by atoms with E-state index >= 15 is 0 Å². The molecule has 3 aromatic rings. The molecule has 2 N–H and O–H groups in total. The Labute approximate surface area is 175 Å². The predicted molar refractivity (Wildman–Crippen MR) is 115 cm³/mol. The Morgan fingerprint density at radius 1 is 1.17 bits per heavy atom.